The van der Waals surface area contributed by atoms with E-state index in [1.54, 1.807) is 0 Å². The third-order valence-corrected chi connectivity index (χ3v) is 8.53. The number of hydrogen-bond acceptors (Lipinski definition) is 6. The summed E-state index contributed by atoms with van der Waals surface area (Å²) in [5, 5.41) is 43.7. The van der Waals surface area contributed by atoms with Gasteiger partial charge in [0.2, 0.25) is 0 Å². The number of rotatable bonds is 2. The second-order valence-corrected chi connectivity index (χ2v) is 10.2. The topological polar surface area (TPSA) is 127 Å². The molecular formula is C23H29NaO7. The molecule has 3 aliphatic rings. The van der Waals surface area contributed by atoms with Crippen molar-refractivity contribution in [3.63, 3.8) is 0 Å². The molecule has 1 heterocycles. The normalized spacial score (nSPS) is 37.9. The number of carbonyl (C=O) groups excluding carboxylic acids is 1. The first-order valence-corrected chi connectivity index (χ1v) is 10.5. The summed E-state index contributed by atoms with van der Waals surface area (Å²) in [5.74, 6) is -1.70. The molecule has 2 fully saturated rings. The first-order valence-electron chi connectivity index (χ1n) is 10.5. The van der Waals surface area contributed by atoms with Crippen molar-refractivity contribution < 1.29 is 64.3 Å². The van der Waals surface area contributed by atoms with Crippen molar-refractivity contribution in [2.45, 2.75) is 71.2 Å². The number of carboxylic acids is 1. The number of carbonyl (C=O) groups is 2. The molecule has 3 N–H and O–H groups in total. The molecule has 0 amide bonds. The molecule has 8 heteroatoms. The third-order valence-electron chi connectivity index (χ3n) is 8.53. The Kier molecular flexibility index (Phi) is 6.12. The summed E-state index contributed by atoms with van der Waals surface area (Å²) in [4.78, 5) is 23.4. The fourth-order valence-corrected chi connectivity index (χ4v) is 6.93. The van der Waals surface area contributed by atoms with Gasteiger partial charge in [-0.25, -0.2) is 4.79 Å². The maximum absolute atomic E-state index is 12.8. The Morgan fingerprint density at radius 2 is 1.90 bits per heavy atom. The predicted octanol–water partition coefficient (Wildman–Crippen LogP) is -0.847. The van der Waals surface area contributed by atoms with Gasteiger partial charge in [-0.05, 0) is 42.1 Å². The largest absolute Gasteiger partial charge is 1.00 e. The number of hydrogen-bond donors (Lipinski definition) is 3. The summed E-state index contributed by atoms with van der Waals surface area (Å²) >= 11 is 0. The number of aldehydes is 1. The Morgan fingerprint density at radius 3 is 2.48 bits per heavy atom. The predicted molar refractivity (Wildman–Crippen MR) is 106 cm³/mol. The molecule has 2 saturated carbocycles. The van der Waals surface area contributed by atoms with Crippen molar-refractivity contribution in [1.82, 2.24) is 0 Å². The van der Waals surface area contributed by atoms with Crippen LogP contribution in [0.2, 0.25) is 0 Å². The van der Waals surface area contributed by atoms with Crippen molar-refractivity contribution in [3.8, 4) is 11.5 Å². The van der Waals surface area contributed by atoms with Crippen LogP contribution in [0.1, 0.15) is 73.2 Å². The number of ether oxygens (including phenoxy) is 1. The Balaban J connectivity index is 0.00000272. The van der Waals surface area contributed by atoms with Gasteiger partial charge in [-0.15, -0.1) is 5.75 Å². The summed E-state index contributed by atoms with van der Waals surface area (Å²) in [7, 11) is 0. The number of aliphatic hydroxyl groups excluding tert-OH is 2. The first kappa shape index (κ1) is 24.5. The van der Waals surface area contributed by atoms with Crippen LogP contribution in [0.3, 0.4) is 0 Å². The van der Waals surface area contributed by atoms with E-state index in [9.17, 15) is 30.0 Å². The number of fused-ring (bicyclic) bond motifs is 3. The zero-order valence-electron chi connectivity index (χ0n) is 18.8. The second-order valence-electron chi connectivity index (χ2n) is 10.2. The van der Waals surface area contributed by atoms with Crippen LogP contribution in [0.15, 0.2) is 6.07 Å². The Labute approximate surface area is 204 Å². The summed E-state index contributed by atoms with van der Waals surface area (Å²) in [6.45, 7) is 7.99. The monoisotopic (exact) mass is 440 g/mol. The molecule has 1 aromatic carbocycles. The minimum absolute atomic E-state index is 0. The quantitative estimate of drug-likeness (QED) is 0.404. The molecule has 0 bridgehead atoms. The summed E-state index contributed by atoms with van der Waals surface area (Å²) in [6.07, 6.45) is 0.841. The van der Waals surface area contributed by atoms with Gasteiger partial charge in [0.05, 0.1) is 23.3 Å². The van der Waals surface area contributed by atoms with Crippen LogP contribution in [0.4, 0.5) is 0 Å². The van der Waals surface area contributed by atoms with E-state index in [-0.39, 0.29) is 64.7 Å². The van der Waals surface area contributed by atoms with Crippen molar-refractivity contribution >= 4 is 12.3 Å². The molecule has 31 heavy (non-hydrogen) atoms. The molecule has 7 nitrogen and oxygen atoms in total. The van der Waals surface area contributed by atoms with Gasteiger partial charge < -0.3 is 25.2 Å². The van der Waals surface area contributed by atoms with Crippen molar-refractivity contribution in [1.29, 1.82) is 0 Å². The fourth-order valence-electron chi connectivity index (χ4n) is 6.93. The van der Waals surface area contributed by atoms with Crippen LogP contribution in [0.5, 0.6) is 11.5 Å². The SMILES string of the molecule is C[C@@H]1CCC2C(C)(C)[C@H](O)[C@H](O)C[C@]2(C)[C@@]12Cc1c([O-])cc(C(=O)O)c(C=O)c1O2.[Na+]. The van der Waals surface area contributed by atoms with E-state index in [4.69, 9.17) is 4.74 Å². The van der Waals surface area contributed by atoms with Gasteiger partial charge in [0.25, 0.3) is 0 Å². The summed E-state index contributed by atoms with van der Waals surface area (Å²) in [6, 6.07) is 1.00. The average Bonchev–Trinajstić information content (AvgIpc) is 3.07. The molecule has 0 aromatic heterocycles. The molecule has 1 aromatic rings. The maximum Gasteiger partial charge on any atom is 1.00 e. The molecule has 1 unspecified atom stereocenters. The molecule has 1 spiro atoms. The zero-order valence-corrected chi connectivity index (χ0v) is 20.8. The van der Waals surface area contributed by atoms with Crippen LogP contribution in [-0.2, 0) is 6.42 Å². The van der Waals surface area contributed by atoms with E-state index < -0.39 is 40.4 Å². The van der Waals surface area contributed by atoms with Gasteiger partial charge in [-0.1, -0.05) is 33.8 Å². The molecule has 164 valence electrons. The van der Waals surface area contributed by atoms with E-state index in [1.165, 1.54) is 0 Å². The van der Waals surface area contributed by atoms with E-state index in [2.05, 4.69) is 0 Å². The van der Waals surface area contributed by atoms with Gasteiger partial charge >= 0.3 is 35.5 Å². The summed E-state index contributed by atoms with van der Waals surface area (Å²) in [5.41, 5.74) is -2.16. The zero-order chi connectivity index (χ0) is 22.2. The molecule has 1 aliphatic heterocycles. The molecule has 2 aliphatic carbocycles. The standard InChI is InChI=1S/C23H30O7.Na/c1-11-5-6-17-21(2,3)19(27)16(26)9-22(17,4)23(11)8-13-15(25)7-12(20(28)29)14(10-24)18(13)30-23;/h7,10-11,16-17,19,25-27H,5-6,8-9H2,1-4H3,(H,28,29);/q;+1/p-1/t11-,16-,17?,19-,22+,23-;/m1./s1. The van der Waals surface area contributed by atoms with Crippen LogP contribution < -0.4 is 39.4 Å². The molecule has 4 rings (SSSR count). The third kappa shape index (κ3) is 3.11. The number of benzene rings is 1. The van der Waals surface area contributed by atoms with Gasteiger partial charge in [0.15, 0.2) is 6.29 Å². The number of aromatic carboxylic acids is 1. The van der Waals surface area contributed by atoms with Gasteiger partial charge in [-0.3, -0.25) is 4.79 Å². The van der Waals surface area contributed by atoms with Crippen LogP contribution in [0.25, 0.3) is 0 Å². The molecule has 0 radical (unpaired) electrons. The number of carboxylic acid groups (broad SMARTS) is 1. The van der Waals surface area contributed by atoms with Crippen LogP contribution >= 0.6 is 0 Å². The molecular weight excluding hydrogens is 411 g/mol. The van der Waals surface area contributed by atoms with E-state index >= 15 is 0 Å². The Morgan fingerprint density at radius 1 is 1.26 bits per heavy atom. The van der Waals surface area contributed by atoms with Crippen LogP contribution in [-0.4, -0.2) is 45.4 Å². The van der Waals surface area contributed by atoms with E-state index in [0.29, 0.717) is 18.3 Å². The molecule has 6 atom stereocenters. The van der Waals surface area contributed by atoms with Gasteiger partial charge in [-0.2, -0.15) is 0 Å². The smallest absolute Gasteiger partial charge is 0.872 e. The second kappa shape index (κ2) is 7.73. The van der Waals surface area contributed by atoms with Crippen LogP contribution in [0, 0.1) is 22.7 Å². The van der Waals surface area contributed by atoms with E-state index in [1.807, 2.05) is 27.7 Å². The fraction of sp³-hybridized carbons (Fsp3) is 0.652. The van der Waals surface area contributed by atoms with E-state index in [0.717, 1.165) is 18.9 Å². The Hall–Kier alpha value is -1.12. The summed E-state index contributed by atoms with van der Waals surface area (Å²) < 4.78 is 6.50. The van der Waals surface area contributed by atoms with Gasteiger partial charge in [0.1, 0.15) is 11.4 Å². The Bertz CT molecular complexity index is 929. The van der Waals surface area contributed by atoms with Crippen molar-refractivity contribution in [2.75, 3.05) is 0 Å². The van der Waals surface area contributed by atoms with Crippen molar-refractivity contribution in [3.05, 3.63) is 22.8 Å². The minimum atomic E-state index is -1.35. The number of aliphatic hydroxyl groups is 2. The van der Waals surface area contributed by atoms with Gasteiger partial charge in [0, 0.05) is 11.8 Å². The molecule has 0 saturated heterocycles. The maximum atomic E-state index is 12.8. The average molecular weight is 440 g/mol. The van der Waals surface area contributed by atoms with Crippen molar-refractivity contribution in [2.24, 2.45) is 22.7 Å². The minimum Gasteiger partial charge on any atom is -0.872 e. The first-order chi connectivity index (χ1) is 13.9.